The molecule has 1 saturated carbocycles. The van der Waals surface area contributed by atoms with Crippen molar-refractivity contribution in [3.63, 3.8) is 0 Å². The summed E-state index contributed by atoms with van der Waals surface area (Å²) in [5.74, 6) is 0.492. The minimum atomic E-state index is -1.11. The van der Waals surface area contributed by atoms with Gasteiger partial charge in [0.1, 0.15) is 0 Å². The van der Waals surface area contributed by atoms with Crippen LogP contribution in [-0.2, 0) is 20.3 Å². The first-order chi connectivity index (χ1) is 9.44. The third kappa shape index (κ3) is 3.54. The topological polar surface area (TPSA) is 47.6 Å². The summed E-state index contributed by atoms with van der Waals surface area (Å²) in [6.07, 6.45) is 3.55. The Hall–Kier alpha value is 0.0949. The Morgan fingerprint density at radius 1 is 1.14 bits per heavy atom. The molecule has 1 heterocycles. The molecule has 0 bridgehead atoms. The van der Waals surface area contributed by atoms with E-state index in [2.05, 4.69) is 32.4 Å². The van der Waals surface area contributed by atoms with Gasteiger partial charge in [0.05, 0.1) is 32.9 Å². The highest BCUT2D eigenvalue weighted by atomic mass is 32.2. The molecule has 0 aromatic carbocycles. The lowest BCUT2D eigenvalue weighted by Gasteiger charge is -2.36. The second kappa shape index (κ2) is 5.62. The number of hydrogen-bond donors (Lipinski definition) is 1. The van der Waals surface area contributed by atoms with Crippen molar-refractivity contribution in [2.45, 2.75) is 89.6 Å². The highest BCUT2D eigenvalue weighted by Crippen LogP contribution is 2.41. The summed E-state index contributed by atoms with van der Waals surface area (Å²) in [6.45, 7) is 14.2. The molecule has 0 aromatic rings. The van der Waals surface area contributed by atoms with Crippen molar-refractivity contribution < 1.29 is 13.5 Å². The average molecular weight is 315 g/mol. The molecule has 2 fully saturated rings. The maximum Gasteiger partial charge on any atom is 0.477 e. The number of hydrogen-bond acceptors (Lipinski definition) is 3. The molecular weight excluding hydrogens is 285 g/mol. The van der Waals surface area contributed by atoms with Gasteiger partial charge in [0, 0.05) is 0 Å². The van der Waals surface area contributed by atoms with Gasteiger partial charge in [-0.1, -0.05) is 6.42 Å². The monoisotopic (exact) mass is 315 g/mol. The van der Waals surface area contributed by atoms with E-state index in [0.717, 1.165) is 12.8 Å². The zero-order valence-corrected chi connectivity index (χ0v) is 15.3. The highest BCUT2D eigenvalue weighted by Gasteiger charge is 2.56. The Labute approximate surface area is 132 Å². The molecule has 0 amide bonds. The van der Waals surface area contributed by atoms with Gasteiger partial charge in [-0.2, -0.15) is 0 Å². The van der Waals surface area contributed by atoms with E-state index in [-0.39, 0.29) is 29.0 Å². The molecule has 0 aromatic heterocycles. The third-order valence-electron chi connectivity index (χ3n) is 5.02. The van der Waals surface area contributed by atoms with Crippen molar-refractivity contribution in [2.75, 3.05) is 0 Å². The zero-order valence-electron chi connectivity index (χ0n) is 14.5. The van der Waals surface area contributed by atoms with Crippen LogP contribution < -0.4 is 4.72 Å². The summed E-state index contributed by atoms with van der Waals surface area (Å²) in [5.41, 5.74) is -0.685. The SMILES string of the molecule is CC(C)(C)[S@](=O)N[C@@H](B1OC(C)(C)C(C)(C)O1)C1CCC1. The van der Waals surface area contributed by atoms with Crippen LogP contribution in [0.15, 0.2) is 0 Å². The molecule has 1 aliphatic carbocycles. The van der Waals surface area contributed by atoms with Crippen molar-refractivity contribution in [2.24, 2.45) is 5.92 Å². The van der Waals surface area contributed by atoms with Crippen molar-refractivity contribution >= 4 is 18.1 Å². The standard InChI is InChI=1S/C15H30BNO3S/c1-13(2,3)21(18)17-12(11-9-8-10-11)16-19-14(4,5)15(6,7)20-16/h11-12,17H,8-10H2,1-7H3/t12-,21+/m1/s1. The summed E-state index contributed by atoms with van der Waals surface area (Å²) in [5, 5.41) is 0. The number of rotatable bonds is 4. The molecule has 4 nitrogen and oxygen atoms in total. The lowest BCUT2D eigenvalue weighted by molar-refractivity contribution is 0.00578. The first-order valence-corrected chi connectivity index (χ1v) is 9.13. The Bertz CT molecular complexity index is 400. The first-order valence-electron chi connectivity index (χ1n) is 7.98. The van der Waals surface area contributed by atoms with E-state index >= 15 is 0 Å². The van der Waals surface area contributed by atoms with Crippen LogP contribution in [0.2, 0.25) is 0 Å². The van der Waals surface area contributed by atoms with Crippen molar-refractivity contribution in [3.8, 4) is 0 Å². The molecular formula is C15H30BNO3S. The Morgan fingerprint density at radius 2 is 1.62 bits per heavy atom. The van der Waals surface area contributed by atoms with Crippen LogP contribution in [-0.4, -0.2) is 33.2 Å². The smallest absolute Gasteiger partial charge is 0.402 e. The van der Waals surface area contributed by atoms with Gasteiger partial charge in [-0.05, 0) is 67.2 Å². The third-order valence-corrected chi connectivity index (χ3v) is 6.62. The van der Waals surface area contributed by atoms with Crippen molar-refractivity contribution in [3.05, 3.63) is 0 Å². The zero-order chi connectivity index (χ0) is 16.1. The van der Waals surface area contributed by atoms with Gasteiger partial charge < -0.3 is 9.31 Å². The van der Waals surface area contributed by atoms with Gasteiger partial charge in [0.2, 0.25) is 0 Å². The largest absolute Gasteiger partial charge is 0.477 e. The molecule has 6 heteroatoms. The van der Waals surface area contributed by atoms with E-state index in [1.807, 2.05) is 20.8 Å². The molecule has 2 atom stereocenters. The lowest BCUT2D eigenvalue weighted by atomic mass is 9.64. The van der Waals surface area contributed by atoms with Crippen LogP contribution in [0.4, 0.5) is 0 Å². The maximum absolute atomic E-state index is 12.5. The number of nitrogens with one attached hydrogen (secondary N) is 1. The Balaban J connectivity index is 2.13. The predicted octanol–water partition coefficient (Wildman–Crippen LogP) is 2.84. The molecule has 0 unspecified atom stereocenters. The van der Waals surface area contributed by atoms with Gasteiger partial charge in [-0.25, -0.2) is 8.93 Å². The lowest BCUT2D eigenvalue weighted by Crippen LogP contribution is -2.54. The quantitative estimate of drug-likeness (QED) is 0.812. The molecule has 1 saturated heterocycles. The minimum absolute atomic E-state index is 0.000131. The fraction of sp³-hybridized carbons (Fsp3) is 1.00. The predicted molar refractivity (Wildman–Crippen MR) is 88.2 cm³/mol. The highest BCUT2D eigenvalue weighted by molar-refractivity contribution is 7.84. The maximum atomic E-state index is 12.5. The second-order valence-electron chi connectivity index (χ2n) is 8.34. The van der Waals surface area contributed by atoms with E-state index in [9.17, 15) is 4.21 Å². The van der Waals surface area contributed by atoms with Crippen LogP contribution in [0.1, 0.15) is 67.7 Å². The fourth-order valence-corrected chi connectivity index (χ4v) is 3.41. The molecule has 0 spiro atoms. The van der Waals surface area contributed by atoms with E-state index in [1.54, 1.807) is 0 Å². The molecule has 21 heavy (non-hydrogen) atoms. The first kappa shape index (κ1) is 17.4. The van der Waals surface area contributed by atoms with Crippen LogP contribution in [0.25, 0.3) is 0 Å². The summed E-state index contributed by atoms with van der Waals surface area (Å²) in [6, 6.07) is 0. The van der Waals surface area contributed by atoms with E-state index in [0.29, 0.717) is 5.92 Å². The minimum Gasteiger partial charge on any atom is -0.402 e. The van der Waals surface area contributed by atoms with Crippen LogP contribution in [0.5, 0.6) is 0 Å². The van der Waals surface area contributed by atoms with E-state index < -0.39 is 11.0 Å². The molecule has 0 radical (unpaired) electrons. The fourth-order valence-electron chi connectivity index (χ4n) is 2.51. The van der Waals surface area contributed by atoms with Gasteiger partial charge in [-0.15, -0.1) is 0 Å². The van der Waals surface area contributed by atoms with Crippen LogP contribution >= 0.6 is 0 Å². The summed E-state index contributed by atoms with van der Waals surface area (Å²) < 4.78 is 27.9. The van der Waals surface area contributed by atoms with E-state index in [4.69, 9.17) is 9.31 Å². The molecule has 2 rings (SSSR count). The molecule has 122 valence electrons. The van der Waals surface area contributed by atoms with Crippen molar-refractivity contribution in [1.29, 1.82) is 0 Å². The van der Waals surface area contributed by atoms with Gasteiger partial charge >= 0.3 is 7.12 Å². The Kier molecular flexibility index (Phi) is 4.67. The van der Waals surface area contributed by atoms with Gasteiger partial charge in [-0.3, -0.25) is 0 Å². The van der Waals surface area contributed by atoms with Gasteiger partial charge in [0.15, 0.2) is 0 Å². The van der Waals surface area contributed by atoms with E-state index in [1.165, 1.54) is 6.42 Å². The van der Waals surface area contributed by atoms with Crippen molar-refractivity contribution in [1.82, 2.24) is 4.72 Å². The molecule has 2 aliphatic rings. The second-order valence-corrected chi connectivity index (χ2v) is 10.3. The summed E-state index contributed by atoms with van der Waals surface area (Å²) in [7, 11) is -1.44. The van der Waals surface area contributed by atoms with Crippen LogP contribution in [0, 0.1) is 5.92 Å². The van der Waals surface area contributed by atoms with Gasteiger partial charge in [0.25, 0.3) is 0 Å². The van der Waals surface area contributed by atoms with Crippen LogP contribution in [0.3, 0.4) is 0 Å². The Morgan fingerprint density at radius 3 is 1.95 bits per heavy atom. The summed E-state index contributed by atoms with van der Waals surface area (Å²) >= 11 is 0. The summed E-state index contributed by atoms with van der Waals surface area (Å²) in [4.78, 5) is 0. The molecule has 1 N–H and O–H groups in total. The normalized spacial score (nSPS) is 28.2. The average Bonchev–Trinajstić information content (AvgIpc) is 2.43. The molecule has 1 aliphatic heterocycles.